The highest BCUT2D eigenvalue weighted by Crippen LogP contribution is 2.44. The zero-order chi connectivity index (χ0) is 14.1. The molecule has 0 spiro atoms. The number of para-hydroxylation sites is 1. The van der Waals surface area contributed by atoms with Crippen LogP contribution in [0.15, 0.2) is 24.3 Å². The summed E-state index contributed by atoms with van der Waals surface area (Å²) in [5.74, 6) is 2.36. The van der Waals surface area contributed by atoms with Gasteiger partial charge in [0.15, 0.2) is 6.10 Å². The van der Waals surface area contributed by atoms with Crippen LogP contribution in [0.3, 0.4) is 0 Å². The van der Waals surface area contributed by atoms with Crippen molar-refractivity contribution in [3.8, 4) is 5.75 Å². The molecule has 108 valence electrons. The van der Waals surface area contributed by atoms with Crippen LogP contribution in [-0.4, -0.2) is 18.1 Å². The fraction of sp³-hybridized carbons (Fsp3) is 0.588. The van der Waals surface area contributed by atoms with E-state index in [2.05, 4.69) is 5.32 Å². The molecule has 3 nitrogen and oxygen atoms in total. The quantitative estimate of drug-likeness (QED) is 0.915. The van der Waals surface area contributed by atoms with Crippen LogP contribution in [0.4, 0.5) is 0 Å². The van der Waals surface area contributed by atoms with Crippen molar-refractivity contribution in [2.75, 3.05) is 0 Å². The Labute approximate surface area is 120 Å². The standard InChI is InChI=1S/C17H23NO2/c1-11-5-3-4-6-16(11)20-12(2)17(19)18-15-10-13-7-8-14(15)9-13/h3-6,12-15H,7-10H2,1-2H3,(H,18,19)/t12-,13+,14+,15+/m1/s1. The van der Waals surface area contributed by atoms with Crippen LogP contribution in [0.2, 0.25) is 0 Å². The Bertz CT molecular complexity index is 500. The monoisotopic (exact) mass is 273 g/mol. The lowest BCUT2D eigenvalue weighted by atomic mass is 9.95. The number of benzene rings is 1. The Balaban J connectivity index is 1.56. The predicted molar refractivity (Wildman–Crippen MR) is 78.6 cm³/mol. The van der Waals surface area contributed by atoms with E-state index in [1.54, 1.807) is 0 Å². The number of hydrogen-bond acceptors (Lipinski definition) is 2. The third-order valence-electron chi connectivity index (χ3n) is 4.83. The van der Waals surface area contributed by atoms with E-state index < -0.39 is 6.10 Å². The summed E-state index contributed by atoms with van der Waals surface area (Å²) in [6.07, 6.45) is 4.66. The van der Waals surface area contributed by atoms with Crippen molar-refractivity contribution < 1.29 is 9.53 Å². The molecule has 2 aliphatic carbocycles. The van der Waals surface area contributed by atoms with E-state index in [1.165, 1.54) is 19.3 Å². The largest absolute Gasteiger partial charge is 0.481 e. The summed E-state index contributed by atoms with van der Waals surface area (Å²) in [4.78, 5) is 12.3. The molecule has 20 heavy (non-hydrogen) atoms. The van der Waals surface area contributed by atoms with E-state index in [1.807, 2.05) is 38.1 Å². The number of hydrogen-bond donors (Lipinski definition) is 1. The van der Waals surface area contributed by atoms with Crippen molar-refractivity contribution in [1.29, 1.82) is 0 Å². The number of aryl methyl sites for hydroxylation is 1. The van der Waals surface area contributed by atoms with E-state index in [-0.39, 0.29) is 5.91 Å². The lowest BCUT2D eigenvalue weighted by Crippen LogP contribution is -2.44. The summed E-state index contributed by atoms with van der Waals surface area (Å²) in [7, 11) is 0. The highest BCUT2D eigenvalue weighted by Gasteiger charge is 2.40. The molecule has 0 saturated heterocycles. The van der Waals surface area contributed by atoms with Gasteiger partial charge in [-0.15, -0.1) is 0 Å². The van der Waals surface area contributed by atoms with Gasteiger partial charge < -0.3 is 10.1 Å². The molecule has 0 aliphatic heterocycles. The smallest absolute Gasteiger partial charge is 0.261 e. The summed E-state index contributed by atoms with van der Waals surface area (Å²) in [6.45, 7) is 3.82. The van der Waals surface area contributed by atoms with Crippen molar-refractivity contribution in [2.45, 2.75) is 51.7 Å². The van der Waals surface area contributed by atoms with Crippen molar-refractivity contribution in [1.82, 2.24) is 5.32 Å². The van der Waals surface area contributed by atoms with Gasteiger partial charge in [-0.05, 0) is 56.6 Å². The molecule has 1 aromatic rings. The lowest BCUT2D eigenvalue weighted by Gasteiger charge is -2.25. The highest BCUT2D eigenvalue weighted by atomic mass is 16.5. The fourth-order valence-electron chi connectivity index (χ4n) is 3.65. The van der Waals surface area contributed by atoms with Crippen LogP contribution >= 0.6 is 0 Å². The van der Waals surface area contributed by atoms with E-state index in [9.17, 15) is 4.79 Å². The van der Waals surface area contributed by atoms with Crippen molar-refractivity contribution >= 4 is 5.91 Å². The van der Waals surface area contributed by atoms with E-state index >= 15 is 0 Å². The maximum Gasteiger partial charge on any atom is 0.261 e. The second-order valence-electron chi connectivity index (χ2n) is 6.32. The fourth-order valence-corrected chi connectivity index (χ4v) is 3.65. The van der Waals surface area contributed by atoms with Gasteiger partial charge in [-0.3, -0.25) is 4.79 Å². The average Bonchev–Trinajstić information content (AvgIpc) is 3.03. The van der Waals surface area contributed by atoms with E-state index in [0.29, 0.717) is 12.0 Å². The Morgan fingerprint density at radius 1 is 1.30 bits per heavy atom. The van der Waals surface area contributed by atoms with Gasteiger partial charge in [0.2, 0.25) is 0 Å². The first-order valence-electron chi connectivity index (χ1n) is 7.66. The van der Waals surface area contributed by atoms with Crippen LogP contribution in [0.1, 0.15) is 38.2 Å². The number of fused-ring (bicyclic) bond motifs is 2. The topological polar surface area (TPSA) is 38.3 Å². The van der Waals surface area contributed by atoms with Crippen LogP contribution in [0.5, 0.6) is 5.75 Å². The number of carbonyl (C=O) groups excluding carboxylic acids is 1. The van der Waals surface area contributed by atoms with Crippen LogP contribution in [0.25, 0.3) is 0 Å². The number of ether oxygens (including phenoxy) is 1. The van der Waals surface area contributed by atoms with Crippen molar-refractivity contribution in [2.24, 2.45) is 11.8 Å². The minimum atomic E-state index is -0.435. The molecule has 1 amide bonds. The molecule has 1 aromatic carbocycles. The van der Waals surface area contributed by atoms with Crippen LogP contribution in [0, 0.1) is 18.8 Å². The summed E-state index contributed by atoms with van der Waals surface area (Å²) >= 11 is 0. The molecule has 2 bridgehead atoms. The summed E-state index contributed by atoms with van der Waals surface area (Å²) in [5.41, 5.74) is 1.06. The van der Waals surface area contributed by atoms with Crippen LogP contribution in [-0.2, 0) is 4.79 Å². The number of amides is 1. The summed E-state index contributed by atoms with van der Waals surface area (Å²) in [5, 5.41) is 3.19. The normalized spacial score (nSPS) is 29.2. The first kappa shape index (κ1) is 13.5. The number of carbonyl (C=O) groups is 1. The second kappa shape index (κ2) is 5.47. The van der Waals surface area contributed by atoms with E-state index in [0.717, 1.165) is 23.7 Å². The molecule has 0 unspecified atom stereocenters. The third-order valence-corrected chi connectivity index (χ3v) is 4.83. The average molecular weight is 273 g/mol. The Hall–Kier alpha value is -1.51. The Kier molecular flexibility index (Phi) is 3.68. The summed E-state index contributed by atoms with van der Waals surface area (Å²) in [6, 6.07) is 8.20. The molecule has 2 aliphatic rings. The lowest BCUT2D eigenvalue weighted by molar-refractivity contribution is -0.128. The van der Waals surface area contributed by atoms with Crippen molar-refractivity contribution in [3.05, 3.63) is 29.8 Å². The van der Waals surface area contributed by atoms with Gasteiger partial charge in [0.05, 0.1) is 0 Å². The molecule has 4 atom stereocenters. The highest BCUT2D eigenvalue weighted by molar-refractivity contribution is 5.81. The van der Waals surface area contributed by atoms with Gasteiger partial charge in [0, 0.05) is 6.04 Å². The Morgan fingerprint density at radius 2 is 2.10 bits per heavy atom. The van der Waals surface area contributed by atoms with Gasteiger partial charge in [0.25, 0.3) is 5.91 Å². The maximum absolute atomic E-state index is 12.3. The summed E-state index contributed by atoms with van der Waals surface area (Å²) < 4.78 is 5.79. The molecule has 2 fully saturated rings. The minimum Gasteiger partial charge on any atom is -0.481 e. The van der Waals surface area contributed by atoms with Gasteiger partial charge in [-0.2, -0.15) is 0 Å². The number of nitrogens with one attached hydrogen (secondary N) is 1. The van der Waals surface area contributed by atoms with Gasteiger partial charge in [0.1, 0.15) is 5.75 Å². The molecular formula is C17H23NO2. The molecule has 2 saturated carbocycles. The van der Waals surface area contributed by atoms with Crippen LogP contribution < -0.4 is 10.1 Å². The predicted octanol–water partition coefficient (Wildman–Crippen LogP) is 3.07. The molecule has 1 N–H and O–H groups in total. The molecule has 0 radical (unpaired) electrons. The third kappa shape index (κ3) is 2.67. The molecular weight excluding hydrogens is 250 g/mol. The van der Waals surface area contributed by atoms with Gasteiger partial charge >= 0.3 is 0 Å². The Morgan fingerprint density at radius 3 is 2.75 bits per heavy atom. The van der Waals surface area contributed by atoms with Gasteiger partial charge in [-0.1, -0.05) is 24.6 Å². The SMILES string of the molecule is Cc1ccccc1O[C@H](C)C(=O)N[C@H]1C[C@H]2CC[C@H]1C2. The van der Waals surface area contributed by atoms with Gasteiger partial charge in [-0.25, -0.2) is 0 Å². The molecule has 0 heterocycles. The zero-order valence-corrected chi connectivity index (χ0v) is 12.3. The molecule has 3 rings (SSSR count). The molecule has 3 heteroatoms. The zero-order valence-electron chi connectivity index (χ0n) is 12.3. The minimum absolute atomic E-state index is 0.0193. The van der Waals surface area contributed by atoms with E-state index in [4.69, 9.17) is 4.74 Å². The first-order chi connectivity index (χ1) is 9.63. The first-order valence-corrected chi connectivity index (χ1v) is 7.66. The molecule has 0 aromatic heterocycles. The number of rotatable bonds is 4. The van der Waals surface area contributed by atoms with Crippen molar-refractivity contribution in [3.63, 3.8) is 0 Å². The maximum atomic E-state index is 12.3. The second-order valence-corrected chi connectivity index (χ2v) is 6.32.